The normalized spacial score (nSPS) is 11.6. The molecule has 0 spiro atoms. The molecule has 4 aromatic heterocycles. The minimum Gasteiger partial charge on any atom is -0.486 e. The Labute approximate surface area is 377 Å². The van der Waals surface area contributed by atoms with Crippen molar-refractivity contribution >= 4 is 50.8 Å². The van der Waals surface area contributed by atoms with E-state index in [1.165, 1.54) is 33.4 Å². The molecule has 7 heteroatoms. The van der Waals surface area contributed by atoms with E-state index in [1.54, 1.807) is 4.40 Å². The van der Waals surface area contributed by atoms with Gasteiger partial charge in [0.2, 0.25) is 5.71 Å². The van der Waals surface area contributed by atoms with Gasteiger partial charge in [-0.25, -0.2) is 4.98 Å². The third-order valence-electron chi connectivity index (χ3n) is 11.4. The van der Waals surface area contributed by atoms with Gasteiger partial charge in [0, 0.05) is 36.7 Å². The quantitative estimate of drug-likeness (QED) is 0.118. The largest absolute Gasteiger partial charge is 0.486 e. The summed E-state index contributed by atoms with van der Waals surface area (Å²) in [6, 6.07) is 42.6. The van der Waals surface area contributed by atoms with Crippen molar-refractivity contribution in [1.82, 2.24) is 19.5 Å². The van der Waals surface area contributed by atoms with Crippen molar-refractivity contribution in [2.45, 2.75) is 79.1 Å². The van der Waals surface area contributed by atoms with Crippen LogP contribution in [0.15, 0.2) is 114 Å². The van der Waals surface area contributed by atoms with E-state index in [2.05, 4.69) is 168 Å². The summed E-state index contributed by atoms with van der Waals surface area (Å²) in [5.74, 6) is 8.81. The second kappa shape index (κ2) is 17.7. The number of aromatic nitrogens is 4. The van der Waals surface area contributed by atoms with Crippen LogP contribution in [0.1, 0.15) is 52.8 Å². The molecule has 9 rings (SSSR count). The summed E-state index contributed by atoms with van der Waals surface area (Å²) in [4.78, 5) is 14.9. The number of nitrogens with zero attached hydrogens (tertiary/aromatic N) is 4. The standard InChI is InChI=1S/C36H30N3O.C18H24GeN.Ir/c1-20-18-24(5)33(25(6)19-20)39-30-13-8-7-12-28(30)37-35(39)27-15-14-23(4)32-26-16-17-29(38-36(26)40-34(27)32)31-21(2)10-9-11-22(31)3;1-14(2)11-16-12-18(15-9-7-6-8-10-15)20-13-17(16)19(3,4)5;/h7-14,16-19H,1-6H3;6-9,12-14H,11H2,1-5H3;/q2*-1;. The summed E-state index contributed by atoms with van der Waals surface area (Å²) in [5.41, 5.74) is 18.2. The molecule has 0 aliphatic rings. The number of para-hydroxylation sites is 2. The van der Waals surface area contributed by atoms with Gasteiger partial charge < -0.3 is 8.98 Å². The van der Waals surface area contributed by atoms with Gasteiger partial charge in [-0.2, -0.15) is 0 Å². The van der Waals surface area contributed by atoms with E-state index < -0.39 is 13.3 Å². The first-order valence-corrected chi connectivity index (χ1v) is 28.4. The van der Waals surface area contributed by atoms with E-state index in [0.29, 0.717) is 11.6 Å². The third kappa shape index (κ3) is 8.68. The van der Waals surface area contributed by atoms with E-state index in [0.717, 1.165) is 79.0 Å². The van der Waals surface area contributed by atoms with E-state index in [-0.39, 0.29) is 20.1 Å². The van der Waals surface area contributed by atoms with Crippen molar-refractivity contribution < 1.29 is 24.5 Å². The number of imidazole rings is 1. The molecule has 4 heterocycles. The maximum Gasteiger partial charge on any atom is 0.216 e. The Morgan fingerprint density at radius 3 is 2.10 bits per heavy atom. The molecule has 0 N–H and O–H groups in total. The second-order valence-electron chi connectivity index (χ2n) is 17.8. The fraction of sp³-hybridized carbons (Fsp3) is 0.241. The van der Waals surface area contributed by atoms with E-state index in [4.69, 9.17) is 19.4 Å². The molecule has 0 amide bonds. The van der Waals surface area contributed by atoms with Gasteiger partial charge >= 0.3 is 126 Å². The van der Waals surface area contributed by atoms with Crippen LogP contribution in [-0.4, -0.2) is 32.8 Å². The summed E-state index contributed by atoms with van der Waals surface area (Å²) in [6.07, 6.45) is 3.27. The number of rotatable bonds is 7. The molecule has 0 unspecified atom stereocenters. The van der Waals surface area contributed by atoms with E-state index in [1.807, 2.05) is 30.3 Å². The Bertz CT molecular complexity index is 3000. The Balaban J connectivity index is 0.000000226. The Morgan fingerprint density at radius 2 is 1.43 bits per heavy atom. The minimum atomic E-state index is -1.86. The van der Waals surface area contributed by atoms with Gasteiger partial charge in [-0.15, -0.1) is 17.7 Å². The van der Waals surface area contributed by atoms with Crippen molar-refractivity contribution in [2.75, 3.05) is 0 Å². The summed E-state index contributed by atoms with van der Waals surface area (Å²) in [7, 11) is 0. The maximum atomic E-state index is 6.63. The van der Waals surface area contributed by atoms with Gasteiger partial charge in [-0.1, -0.05) is 65.9 Å². The van der Waals surface area contributed by atoms with Gasteiger partial charge in [0.1, 0.15) is 0 Å². The van der Waals surface area contributed by atoms with Crippen LogP contribution in [0.3, 0.4) is 0 Å². The first-order valence-electron chi connectivity index (χ1n) is 21.0. The molecule has 311 valence electrons. The zero-order valence-corrected chi connectivity index (χ0v) is 41.7. The summed E-state index contributed by atoms with van der Waals surface area (Å²) in [6.45, 7) is 17.4. The monoisotopic (exact) mass is 1040 g/mol. The zero-order valence-electron chi connectivity index (χ0n) is 37.2. The molecular weight excluding hydrogens is 985 g/mol. The summed E-state index contributed by atoms with van der Waals surface area (Å²) < 4.78 is 10.4. The second-order valence-corrected chi connectivity index (χ2v) is 28.4. The number of aryl methyl sites for hydroxylation is 6. The predicted molar refractivity (Wildman–Crippen MR) is 254 cm³/mol. The van der Waals surface area contributed by atoms with Crippen LogP contribution in [0.5, 0.6) is 0 Å². The van der Waals surface area contributed by atoms with Crippen molar-refractivity contribution in [3.05, 3.63) is 160 Å². The third-order valence-corrected chi connectivity index (χ3v) is 15.7. The number of benzene rings is 5. The average Bonchev–Trinajstić information content (AvgIpc) is 3.77. The fourth-order valence-corrected chi connectivity index (χ4v) is 12.1. The van der Waals surface area contributed by atoms with Gasteiger partial charge in [0.15, 0.2) is 0 Å². The minimum absolute atomic E-state index is 0. The van der Waals surface area contributed by atoms with E-state index >= 15 is 0 Å². The SMILES string of the molecule is CC(C)Cc1cc(-c2[c-]cccc2)nc[c]1[Ge]([CH3])([CH3])[CH3].Cc1cc(C)c(-n2c(-c3[c-]cc(C)c4c3oc3nc(-c5c(C)cccc5C)ccc34)nc3ccccc32)c(C)c1.[Ir]. The number of hydrogen-bond donors (Lipinski definition) is 0. The topological polar surface area (TPSA) is 56.7 Å². The average molecular weight is 1040 g/mol. The van der Waals surface area contributed by atoms with Crippen LogP contribution in [0.25, 0.3) is 72.7 Å². The zero-order chi connectivity index (χ0) is 42.5. The van der Waals surface area contributed by atoms with Gasteiger partial charge in [0.25, 0.3) is 0 Å². The molecule has 1 radical (unpaired) electrons. The van der Waals surface area contributed by atoms with Crippen LogP contribution in [0.4, 0.5) is 0 Å². The van der Waals surface area contributed by atoms with Gasteiger partial charge in [-0.3, -0.25) is 4.98 Å². The van der Waals surface area contributed by atoms with Crippen LogP contribution in [0, 0.1) is 59.6 Å². The molecule has 0 fully saturated rings. The van der Waals surface area contributed by atoms with Gasteiger partial charge in [-0.05, 0) is 81.1 Å². The molecule has 5 aromatic carbocycles. The van der Waals surface area contributed by atoms with E-state index in [9.17, 15) is 0 Å². The maximum absolute atomic E-state index is 6.63. The van der Waals surface area contributed by atoms with Gasteiger partial charge in [0.05, 0.1) is 28.1 Å². The number of fused-ring (bicyclic) bond motifs is 4. The van der Waals surface area contributed by atoms with Crippen molar-refractivity contribution in [1.29, 1.82) is 0 Å². The summed E-state index contributed by atoms with van der Waals surface area (Å²) in [5, 5.41) is 2.06. The Morgan fingerprint density at radius 1 is 0.721 bits per heavy atom. The molecule has 0 saturated carbocycles. The van der Waals surface area contributed by atoms with Crippen molar-refractivity contribution in [3.8, 4) is 39.6 Å². The molecule has 0 aliphatic heterocycles. The first kappa shape index (κ1) is 43.9. The molecule has 0 aliphatic carbocycles. The first-order chi connectivity index (χ1) is 28.7. The fourth-order valence-electron chi connectivity index (χ4n) is 8.81. The van der Waals surface area contributed by atoms with Crippen molar-refractivity contribution in [3.63, 3.8) is 0 Å². The number of hydrogen-bond acceptors (Lipinski definition) is 4. The van der Waals surface area contributed by atoms with Crippen molar-refractivity contribution in [2.24, 2.45) is 5.92 Å². The molecule has 5 nitrogen and oxygen atoms in total. The molecule has 9 aromatic rings. The Kier molecular flexibility index (Phi) is 12.7. The molecule has 0 bridgehead atoms. The van der Waals surface area contributed by atoms with Crippen LogP contribution in [0.2, 0.25) is 17.3 Å². The molecule has 61 heavy (non-hydrogen) atoms. The Hall–Kier alpha value is -5.14. The smallest absolute Gasteiger partial charge is 0.216 e. The predicted octanol–water partition coefficient (Wildman–Crippen LogP) is 13.6. The molecule has 0 atom stereocenters. The van der Waals surface area contributed by atoms with Crippen LogP contribution < -0.4 is 4.40 Å². The van der Waals surface area contributed by atoms with Crippen LogP contribution >= 0.6 is 0 Å². The number of pyridine rings is 2. The van der Waals surface area contributed by atoms with Crippen LogP contribution in [-0.2, 0) is 26.5 Å². The molecular formula is C54H54GeIrN4O-2. The number of furan rings is 1. The molecule has 0 saturated heterocycles. The summed E-state index contributed by atoms with van der Waals surface area (Å²) >= 11 is -1.86.